The molecule has 0 spiro atoms. The van der Waals surface area contributed by atoms with Crippen molar-refractivity contribution in [2.24, 2.45) is 16.5 Å². The maximum atomic E-state index is 11.4. The van der Waals surface area contributed by atoms with Crippen LogP contribution in [0.25, 0.3) is 0 Å². The van der Waals surface area contributed by atoms with Gasteiger partial charge < -0.3 is 77.7 Å². The molecule has 2 aliphatic heterocycles. The van der Waals surface area contributed by atoms with Gasteiger partial charge in [0.2, 0.25) is 23.3 Å². The van der Waals surface area contributed by atoms with E-state index in [9.17, 15) is 39.6 Å². The number of carbonyl (C=O) groups excluding carboxylic acids is 2. The first-order chi connectivity index (χ1) is 22.4. The molecule has 2 amide bonds. The predicted octanol–water partition coefficient (Wildman–Crippen LogP) is -4.39. The number of carboxylic acids is 2. The number of aliphatic hydroxyl groups is 6. The van der Waals surface area contributed by atoms with E-state index in [1.54, 1.807) is 6.19 Å². The molecule has 0 saturated carbocycles. The number of rotatable bonds is 12. The second kappa shape index (κ2) is 25.1. The van der Waals surface area contributed by atoms with E-state index in [2.05, 4.69) is 60.9 Å². The molecule has 10 atom stereocenters. The van der Waals surface area contributed by atoms with Crippen LogP contribution in [-0.2, 0) is 38.1 Å². The van der Waals surface area contributed by atoms with E-state index in [0.717, 1.165) is 12.2 Å². The van der Waals surface area contributed by atoms with Crippen molar-refractivity contribution in [2.75, 3.05) is 13.2 Å². The number of halogens is 3. The van der Waals surface area contributed by atoms with Gasteiger partial charge in [-0.3, -0.25) is 9.59 Å². The number of guanidine groups is 1. The minimum absolute atomic E-state index is 0. The molecule has 2 rings (SSSR count). The fraction of sp³-hybridized carbons (Fsp3) is 0.583. The van der Waals surface area contributed by atoms with Gasteiger partial charge in [0.1, 0.15) is 36.6 Å². The molecule has 0 aromatic heterocycles. The van der Waals surface area contributed by atoms with Gasteiger partial charge in [-0.15, -0.1) is 24.0 Å². The van der Waals surface area contributed by atoms with Gasteiger partial charge in [-0.2, -0.15) is 5.26 Å². The van der Waals surface area contributed by atoms with Gasteiger partial charge in [0.25, 0.3) is 0 Å². The molecule has 21 nitrogen and oxygen atoms in total. The SMILES string of the molecule is CC(=O)N[C@H]1[C@H]([C@H](O)[C@H](O)CO)OC(C(=O)O)=C[C@@H]1N=C(N)N.CC(=O)N[C@H]1[C@H]([C@H](O)[C@H](O)CO)OC(C(=O)O)=C[C@@H]1NC#N.I.[I][V][I]. The third kappa shape index (κ3) is 16.7. The summed E-state index contributed by atoms with van der Waals surface area (Å²) in [5.41, 5.74) is 10.6. The van der Waals surface area contributed by atoms with Crippen LogP contribution in [0.3, 0.4) is 0 Å². The van der Waals surface area contributed by atoms with E-state index in [4.69, 9.17) is 46.6 Å². The molecule has 0 aromatic carbocycles. The van der Waals surface area contributed by atoms with Crippen LogP contribution in [0.4, 0.5) is 0 Å². The van der Waals surface area contributed by atoms with Crippen molar-refractivity contribution in [1.29, 1.82) is 5.26 Å². The van der Waals surface area contributed by atoms with E-state index in [-0.39, 0.29) is 29.9 Å². The standard InChI is InChI=1S/C12H20N4O7.C12H17N3O7.3HI.V/c1-4(18)15-8-5(16-12(13)14)2-7(11(21)22)23-10(8)9(20)6(19)3-17;1-5(17)15-9-6(14-4-13)2-8(12(20)21)22-11(9)10(19)7(18)3-16;;;;/h2,5-6,8-10,17,19-20H,3H2,1H3,(H,15,18)(H,21,22)(H4,13,14,16);2,6-7,9-11,14,16,18-19H,3H2,1H3,(H,15,17)(H,20,21);3*1H;/q;;;;;+2/p-2/t5-,6+,8+,9+,10+;6-,7+,9+,10+,11+;;;;/m00..../s1. The van der Waals surface area contributed by atoms with Crippen LogP contribution in [0.2, 0.25) is 0 Å². The summed E-state index contributed by atoms with van der Waals surface area (Å²) in [6.07, 6.45) is -5.65. The van der Waals surface area contributed by atoms with Gasteiger partial charge in [0.05, 0.1) is 37.4 Å². The molecular formula is C24H38I3N7O14V. The summed E-state index contributed by atoms with van der Waals surface area (Å²) in [5.74, 6) is -5.40. The summed E-state index contributed by atoms with van der Waals surface area (Å²) in [7, 11) is 0.628. The Hall–Kier alpha value is -1.95. The number of carboxylic acid groups (broad SMARTS) is 2. The third-order valence-electron chi connectivity index (χ3n) is 6.17. The second-order valence-corrected chi connectivity index (χ2v) is 21.5. The van der Waals surface area contributed by atoms with E-state index in [0.29, 0.717) is 9.47 Å². The predicted molar refractivity (Wildman–Crippen MR) is 190 cm³/mol. The average Bonchev–Trinajstić information content (AvgIpc) is 3.00. The van der Waals surface area contributed by atoms with Crippen molar-refractivity contribution >= 4 is 93.6 Å². The van der Waals surface area contributed by atoms with Crippen molar-refractivity contribution in [3.8, 4) is 6.19 Å². The molecular weight excluding hydrogens is 1040 g/mol. The Bertz CT molecular complexity index is 1240. The van der Waals surface area contributed by atoms with E-state index >= 15 is 0 Å². The number of nitrogens with zero attached hydrogens (tertiary/aromatic N) is 2. The van der Waals surface area contributed by atoms with Gasteiger partial charge in [0.15, 0.2) is 12.2 Å². The Kier molecular flexibility index (Phi) is 25.2. The Morgan fingerprint density at radius 1 is 0.898 bits per heavy atom. The number of hydrogen-bond donors (Lipinski definition) is 13. The molecule has 15 N–H and O–H groups in total. The van der Waals surface area contributed by atoms with Gasteiger partial charge >= 0.3 is 61.4 Å². The molecule has 49 heavy (non-hydrogen) atoms. The molecule has 0 bridgehead atoms. The number of aliphatic hydroxyl groups excluding tert-OH is 6. The molecule has 0 radical (unpaired) electrons. The Morgan fingerprint density at radius 2 is 1.29 bits per heavy atom. The molecule has 0 unspecified atom stereocenters. The fourth-order valence-electron chi connectivity index (χ4n) is 4.21. The first-order valence-corrected chi connectivity index (χ1v) is 22.3. The van der Waals surface area contributed by atoms with Crippen molar-refractivity contribution in [3.63, 3.8) is 0 Å². The van der Waals surface area contributed by atoms with Crippen LogP contribution >= 0.6 is 63.9 Å². The van der Waals surface area contributed by atoms with Crippen LogP contribution in [0.15, 0.2) is 28.7 Å². The number of nitrogens with two attached hydrogens (primary N) is 2. The zero-order chi connectivity index (χ0) is 37.3. The molecule has 25 heteroatoms. The van der Waals surface area contributed by atoms with Crippen LogP contribution < -0.4 is 27.4 Å². The van der Waals surface area contributed by atoms with Gasteiger partial charge in [-0.25, -0.2) is 14.6 Å². The van der Waals surface area contributed by atoms with E-state index in [1.807, 2.05) is 0 Å². The fourth-order valence-corrected chi connectivity index (χ4v) is 4.21. The number of ether oxygens (including phenoxy) is 2. The van der Waals surface area contributed by atoms with Gasteiger partial charge in [0, 0.05) is 13.8 Å². The summed E-state index contributed by atoms with van der Waals surface area (Å²) in [6, 6.07) is -4.11. The van der Waals surface area contributed by atoms with Crippen LogP contribution in [0, 0.1) is 11.5 Å². The van der Waals surface area contributed by atoms with Crippen molar-refractivity contribution in [1.82, 2.24) is 16.0 Å². The summed E-state index contributed by atoms with van der Waals surface area (Å²) in [4.78, 5) is 48.6. The first-order valence-electron chi connectivity index (χ1n) is 13.3. The monoisotopic (exact) mass is 1080 g/mol. The summed E-state index contributed by atoms with van der Waals surface area (Å²) in [6.45, 7) is 0.782. The zero-order valence-corrected chi connectivity index (χ0v) is 33.6. The van der Waals surface area contributed by atoms with Crippen molar-refractivity contribution in [3.05, 3.63) is 23.7 Å². The molecule has 0 aromatic rings. The number of carbonyl (C=O) groups is 4. The summed E-state index contributed by atoms with van der Waals surface area (Å²) < 4.78 is 10.2. The number of nitriles is 1. The number of nitrogens with one attached hydrogen (secondary N) is 3. The van der Waals surface area contributed by atoms with Crippen molar-refractivity contribution in [2.45, 2.75) is 74.6 Å². The molecule has 0 fully saturated rings. The molecule has 0 aliphatic carbocycles. The second-order valence-electron chi connectivity index (χ2n) is 9.66. The van der Waals surface area contributed by atoms with E-state index < -0.39 is 109 Å². The minimum atomic E-state index is -1.70. The van der Waals surface area contributed by atoms with E-state index in [1.165, 1.54) is 13.8 Å². The summed E-state index contributed by atoms with van der Waals surface area (Å²) >= 11 is 4.74. The Labute approximate surface area is 325 Å². The van der Waals surface area contributed by atoms with Crippen molar-refractivity contribution < 1.29 is 79.0 Å². The van der Waals surface area contributed by atoms with Gasteiger partial charge in [-0.1, -0.05) is 0 Å². The topological polar surface area (TPSA) is 373 Å². The molecule has 2 heterocycles. The Morgan fingerprint density at radius 3 is 1.63 bits per heavy atom. The molecule has 2 aliphatic rings. The third-order valence-corrected chi connectivity index (χ3v) is 6.17. The normalized spacial score (nSPS) is 24.6. The van der Waals surface area contributed by atoms with Crippen LogP contribution in [0.5, 0.6) is 0 Å². The number of aliphatic imine (C=N–C) groups is 1. The quantitative estimate of drug-likeness (QED) is 0.0289. The Balaban J connectivity index is 0. The zero-order valence-electron chi connectivity index (χ0n) is 25.5. The number of hydrogen-bond acceptors (Lipinski definition) is 15. The maximum absolute atomic E-state index is 11.4. The van der Waals surface area contributed by atoms with Crippen LogP contribution in [-0.4, -0.2) is 145 Å². The number of aliphatic carboxylic acids is 2. The first kappa shape index (κ1) is 49.2. The number of amides is 2. The molecule has 0 saturated heterocycles. The summed E-state index contributed by atoms with van der Waals surface area (Å²) in [5, 5.41) is 90.9. The average molecular weight is 1080 g/mol. The van der Waals surface area contributed by atoms with Crippen LogP contribution in [0.1, 0.15) is 13.8 Å². The molecule has 279 valence electrons. The van der Waals surface area contributed by atoms with Gasteiger partial charge in [-0.05, 0) is 12.2 Å².